The summed E-state index contributed by atoms with van der Waals surface area (Å²) >= 11 is 0. The predicted octanol–water partition coefficient (Wildman–Crippen LogP) is 3.80. The van der Waals surface area contributed by atoms with E-state index in [4.69, 9.17) is 9.47 Å². The van der Waals surface area contributed by atoms with Crippen molar-refractivity contribution in [2.24, 2.45) is 0 Å². The van der Waals surface area contributed by atoms with Crippen molar-refractivity contribution >= 4 is 0 Å². The average Bonchev–Trinajstić information content (AvgIpc) is 3.18. The van der Waals surface area contributed by atoms with Gasteiger partial charge in [0.1, 0.15) is 0 Å². The van der Waals surface area contributed by atoms with Crippen molar-refractivity contribution < 1.29 is 9.47 Å². The molecule has 1 aliphatic heterocycles. The number of ether oxygens (including phenoxy) is 2. The largest absolute Gasteiger partial charge is 0.345 e. The summed E-state index contributed by atoms with van der Waals surface area (Å²) in [5.41, 5.74) is 8.19. The molecule has 1 fully saturated rings. The lowest BCUT2D eigenvalue weighted by atomic mass is 9.86. The highest BCUT2D eigenvalue weighted by molar-refractivity contribution is 5.49. The van der Waals surface area contributed by atoms with Gasteiger partial charge < -0.3 is 14.0 Å². The minimum atomic E-state index is -0.621. The molecule has 4 heteroatoms. The Bertz CT molecular complexity index is 708. The summed E-state index contributed by atoms with van der Waals surface area (Å²) in [7, 11) is 0. The van der Waals surface area contributed by atoms with Gasteiger partial charge in [0, 0.05) is 18.8 Å². The molecular formula is C20H28N2O2. The smallest absolute Gasteiger partial charge is 0.190 e. The van der Waals surface area contributed by atoms with E-state index in [2.05, 4.69) is 46.5 Å². The summed E-state index contributed by atoms with van der Waals surface area (Å²) in [6, 6.07) is 0. The number of benzene rings is 1. The molecule has 24 heavy (non-hydrogen) atoms. The van der Waals surface area contributed by atoms with E-state index < -0.39 is 5.79 Å². The van der Waals surface area contributed by atoms with E-state index in [9.17, 15) is 0 Å². The van der Waals surface area contributed by atoms with Gasteiger partial charge in [0.15, 0.2) is 5.79 Å². The van der Waals surface area contributed by atoms with Crippen molar-refractivity contribution in [2.45, 2.75) is 66.4 Å². The monoisotopic (exact) mass is 328 g/mol. The van der Waals surface area contributed by atoms with E-state index in [1.165, 1.54) is 33.4 Å². The number of hydrogen-bond donors (Lipinski definition) is 0. The molecule has 0 aliphatic carbocycles. The molecule has 1 aliphatic rings. The summed E-state index contributed by atoms with van der Waals surface area (Å²) in [5.74, 6) is -0.621. The number of aromatic nitrogens is 2. The van der Waals surface area contributed by atoms with Gasteiger partial charge in [-0.25, -0.2) is 4.98 Å². The minimum absolute atomic E-state index is 0.113. The molecule has 1 aromatic heterocycles. The lowest BCUT2D eigenvalue weighted by molar-refractivity contribution is -0.175. The van der Waals surface area contributed by atoms with E-state index in [1.54, 1.807) is 6.20 Å². The predicted molar refractivity (Wildman–Crippen MR) is 95.3 cm³/mol. The Morgan fingerprint density at radius 3 is 2.21 bits per heavy atom. The van der Waals surface area contributed by atoms with Crippen LogP contribution in [0, 0.1) is 34.6 Å². The summed E-state index contributed by atoms with van der Waals surface area (Å²) in [5, 5.41) is 0. The van der Waals surface area contributed by atoms with Crippen molar-refractivity contribution in [2.75, 3.05) is 6.61 Å². The highest BCUT2D eigenvalue weighted by atomic mass is 16.7. The normalized spacial score (nSPS) is 23.8. The van der Waals surface area contributed by atoms with Crippen LogP contribution in [-0.2, 0) is 22.4 Å². The Labute approximate surface area is 144 Å². The summed E-state index contributed by atoms with van der Waals surface area (Å²) in [6.07, 6.45) is 6.45. The summed E-state index contributed by atoms with van der Waals surface area (Å²) in [4.78, 5) is 4.15. The first kappa shape index (κ1) is 17.2. The Kier molecular flexibility index (Phi) is 4.54. The fourth-order valence-electron chi connectivity index (χ4n) is 3.71. The molecular weight excluding hydrogens is 300 g/mol. The average molecular weight is 328 g/mol. The molecule has 1 aromatic carbocycles. The highest BCUT2D eigenvalue weighted by Gasteiger charge is 2.41. The SMILES string of the molecule is Cc1c(C)c(C)c(CC2(Cn3ccnc3)OCC(C)O2)c(C)c1C. The number of nitrogens with zero attached hydrogens (tertiary/aromatic N) is 2. The maximum Gasteiger partial charge on any atom is 0.190 e. The van der Waals surface area contributed by atoms with Gasteiger partial charge in [0.2, 0.25) is 0 Å². The third kappa shape index (κ3) is 3.01. The van der Waals surface area contributed by atoms with E-state index in [0.717, 1.165) is 6.42 Å². The van der Waals surface area contributed by atoms with Crippen molar-refractivity contribution in [3.63, 3.8) is 0 Å². The van der Waals surface area contributed by atoms with Crippen LogP contribution in [0.1, 0.15) is 40.3 Å². The van der Waals surface area contributed by atoms with Crippen LogP contribution in [0.3, 0.4) is 0 Å². The molecule has 130 valence electrons. The zero-order valence-electron chi connectivity index (χ0n) is 15.6. The molecule has 3 rings (SSSR count). The van der Waals surface area contributed by atoms with Gasteiger partial charge in [-0.2, -0.15) is 0 Å². The van der Waals surface area contributed by atoms with Crippen LogP contribution in [0.25, 0.3) is 0 Å². The Balaban J connectivity index is 2.00. The standard InChI is InChI=1S/C20H28N2O2/c1-13-10-23-20(24-13,11-22-8-7-21-12-22)9-19-17(5)15(3)14(2)16(4)18(19)6/h7-8,12-13H,9-11H2,1-6H3. The van der Waals surface area contributed by atoms with Gasteiger partial charge in [-0.1, -0.05) is 0 Å². The van der Waals surface area contributed by atoms with Crippen molar-refractivity contribution in [3.8, 4) is 0 Å². The third-order valence-electron chi connectivity index (χ3n) is 5.58. The lowest BCUT2D eigenvalue weighted by Crippen LogP contribution is -2.39. The molecule has 0 N–H and O–H groups in total. The Morgan fingerprint density at radius 1 is 1.08 bits per heavy atom. The van der Waals surface area contributed by atoms with Crippen molar-refractivity contribution in [1.29, 1.82) is 0 Å². The zero-order chi connectivity index (χ0) is 17.5. The molecule has 1 saturated heterocycles. The van der Waals surface area contributed by atoms with Crippen LogP contribution >= 0.6 is 0 Å². The topological polar surface area (TPSA) is 36.3 Å². The molecule has 0 spiro atoms. The van der Waals surface area contributed by atoms with Crippen molar-refractivity contribution in [3.05, 3.63) is 52.1 Å². The van der Waals surface area contributed by atoms with Crippen molar-refractivity contribution in [1.82, 2.24) is 9.55 Å². The van der Waals surface area contributed by atoms with Gasteiger partial charge in [0.05, 0.1) is 25.6 Å². The Hall–Kier alpha value is -1.65. The number of rotatable bonds is 4. The zero-order valence-corrected chi connectivity index (χ0v) is 15.6. The molecule has 0 radical (unpaired) electrons. The molecule has 2 unspecified atom stereocenters. The molecule has 4 nitrogen and oxygen atoms in total. The van der Waals surface area contributed by atoms with Gasteiger partial charge in [-0.15, -0.1) is 0 Å². The van der Waals surface area contributed by atoms with Gasteiger partial charge in [-0.3, -0.25) is 0 Å². The third-order valence-corrected chi connectivity index (χ3v) is 5.58. The molecule has 2 heterocycles. The van der Waals surface area contributed by atoms with E-state index >= 15 is 0 Å². The second-order valence-electron chi connectivity index (χ2n) is 7.17. The highest BCUT2D eigenvalue weighted by Crippen LogP contribution is 2.34. The van der Waals surface area contributed by atoms with E-state index in [-0.39, 0.29) is 6.10 Å². The molecule has 0 saturated carbocycles. The molecule has 0 bridgehead atoms. The van der Waals surface area contributed by atoms with Gasteiger partial charge in [-0.05, 0) is 74.9 Å². The summed E-state index contributed by atoms with van der Waals surface area (Å²) in [6.45, 7) is 14.4. The van der Waals surface area contributed by atoms with Crippen LogP contribution in [0.4, 0.5) is 0 Å². The first-order chi connectivity index (χ1) is 11.3. The number of hydrogen-bond acceptors (Lipinski definition) is 3. The lowest BCUT2D eigenvalue weighted by Gasteiger charge is -2.31. The molecule has 2 atom stereocenters. The van der Waals surface area contributed by atoms with E-state index in [0.29, 0.717) is 13.2 Å². The van der Waals surface area contributed by atoms with Crippen LogP contribution in [-0.4, -0.2) is 28.0 Å². The second-order valence-corrected chi connectivity index (χ2v) is 7.17. The minimum Gasteiger partial charge on any atom is -0.345 e. The van der Waals surface area contributed by atoms with Crippen LogP contribution in [0.5, 0.6) is 0 Å². The second kappa shape index (κ2) is 6.34. The summed E-state index contributed by atoms with van der Waals surface area (Å²) < 4.78 is 14.5. The van der Waals surface area contributed by atoms with E-state index in [1.807, 2.05) is 17.1 Å². The van der Waals surface area contributed by atoms with Gasteiger partial charge in [0.25, 0.3) is 0 Å². The maximum absolute atomic E-state index is 6.28. The van der Waals surface area contributed by atoms with Crippen LogP contribution < -0.4 is 0 Å². The quantitative estimate of drug-likeness (QED) is 0.856. The number of imidazole rings is 1. The van der Waals surface area contributed by atoms with Crippen LogP contribution in [0.2, 0.25) is 0 Å². The molecule has 2 aromatic rings. The van der Waals surface area contributed by atoms with Crippen LogP contribution in [0.15, 0.2) is 18.7 Å². The first-order valence-electron chi connectivity index (χ1n) is 8.66. The fraction of sp³-hybridized carbons (Fsp3) is 0.550. The fourth-order valence-corrected chi connectivity index (χ4v) is 3.71. The van der Waals surface area contributed by atoms with Gasteiger partial charge >= 0.3 is 0 Å². The maximum atomic E-state index is 6.28. The first-order valence-corrected chi connectivity index (χ1v) is 8.66. The Morgan fingerprint density at radius 2 is 1.71 bits per heavy atom. The molecule has 0 amide bonds.